The van der Waals surface area contributed by atoms with Crippen molar-refractivity contribution in [1.82, 2.24) is 9.96 Å². The van der Waals surface area contributed by atoms with Gasteiger partial charge in [-0.05, 0) is 6.92 Å². The molecule has 0 aliphatic rings. The van der Waals surface area contributed by atoms with Gasteiger partial charge in [-0.1, -0.05) is 0 Å². The fourth-order valence-corrected chi connectivity index (χ4v) is 1.27. The molecule has 0 heterocycles. The van der Waals surface area contributed by atoms with Gasteiger partial charge in [0.2, 0.25) is 12.3 Å². The SMILES string of the molecule is COC(N(O)C(=O)C(C)C(=O)O)N(CO)C(=O)CC(=O)O. The van der Waals surface area contributed by atoms with Gasteiger partial charge in [0.1, 0.15) is 19.1 Å². The minimum absolute atomic E-state index is 0.200. The molecule has 0 radical (unpaired) electrons. The molecule has 0 aromatic carbocycles. The Labute approximate surface area is 118 Å². The second-order valence-corrected chi connectivity index (χ2v) is 3.88. The average Bonchev–Trinajstić information content (AvgIpc) is 2.40. The highest BCUT2D eigenvalue weighted by Gasteiger charge is 2.36. The first-order valence-electron chi connectivity index (χ1n) is 5.57. The molecule has 2 unspecified atom stereocenters. The molecule has 4 N–H and O–H groups in total. The van der Waals surface area contributed by atoms with Crippen LogP contribution in [0.1, 0.15) is 13.3 Å². The van der Waals surface area contributed by atoms with E-state index in [0.29, 0.717) is 4.90 Å². The molecule has 0 bridgehead atoms. The molecule has 0 aromatic heterocycles. The van der Waals surface area contributed by atoms with Crippen LogP contribution in [0.15, 0.2) is 0 Å². The summed E-state index contributed by atoms with van der Waals surface area (Å²) < 4.78 is 4.63. The molecule has 2 atom stereocenters. The zero-order valence-electron chi connectivity index (χ0n) is 11.3. The third-order valence-corrected chi connectivity index (χ3v) is 2.43. The summed E-state index contributed by atoms with van der Waals surface area (Å²) in [6, 6.07) is 0. The third-order valence-electron chi connectivity index (χ3n) is 2.43. The standard InChI is InChI=1S/C10H16N2O9/c1-5(9(18)19)8(17)12(20)10(21-2)11(4-13)6(14)3-7(15)16/h5,10,13,20H,3-4H2,1-2H3,(H,15,16)(H,18,19). The fraction of sp³-hybridized carbons (Fsp3) is 0.600. The number of rotatable bonds is 8. The Kier molecular flexibility index (Phi) is 7.27. The molecule has 0 spiro atoms. The second-order valence-electron chi connectivity index (χ2n) is 3.88. The van der Waals surface area contributed by atoms with Gasteiger partial charge in [0, 0.05) is 7.11 Å². The second kappa shape index (κ2) is 8.14. The van der Waals surface area contributed by atoms with E-state index < -0.39 is 49.2 Å². The van der Waals surface area contributed by atoms with E-state index in [0.717, 1.165) is 14.0 Å². The fourth-order valence-electron chi connectivity index (χ4n) is 1.27. The van der Waals surface area contributed by atoms with Crippen molar-refractivity contribution < 1.29 is 44.4 Å². The van der Waals surface area contributed by atoms with Gasteiger partial charge in [0.05, 0.1) is 0 Å². The van der Waals surface area contributed by atoms with Crippen LogP contribution in [-0.4, -0.2) is 74.4 Å². The number of carbonyl (C=O) groups is 4. The van der Waals surface area contributed by atoms with Crippen molar-refractivity contribution in [3.63, 3.8) is 0 Å². The van der Waals surface area contributed by atoms with E-state index >= 15 is 0 Å². The van der Waals surface area contributed by atoms with E-state index in [4.69, 9.17) is 15.3 Å². The zero-order chi connectivity index (χ0) is 16.7. The maximum Gasteiger partial charge on any atom is 0.315 e. The van der Waals surface area contributed by atoms with Gasteiger partial charge in [-0.2, -0.15) is 5.06 Å². The molecule has 11 heteroatoms. The van der Waals surface area contributed by atoms with Crippen molar-refractivity contribution >= 4 is 23.8 Å². The van der Waals surface area contributed by atoms with E-state index in [-0.39, 0.29) is 5.06 Å². The van der Waals surface area contributed by atoms with Crippen molar-refractivity contribution in [3.8, 4) is 0 Å². The maximum absolute atomic E-state index is 11.6. The normalized spacial score (nSPS) is 13.1. The summed E-state index contributed by atoms with van der Waals surface area (Å²) >= 11 is 0. The lowest BCUT2D eigenvalue weighted by Crippen LogP contribution is -2.55. The van der Waals surface area contributed by atoms with Crippen LogP contribution in [0.5, 0.6) is 0 Å². The molecule has 0 aromatic rings. The Hall–Kier alpha value is -2.24. The summed E-state index contributed by atoms with van der Waals surface area (Å²) in [6.07, 6.45) is -2.88. The number of hydrogen-bond acceptors (Lipinski definition) is 7. The van der Waals surface area contributed by atoms with Crippen LogP contribution in [0.3, 0.4) is 0 Å². The first kappa shape index (κ1) is 18.8. The smallest absolute Gasteiger partial charge is 0.315 e. The largest absolute Gasteiger partial charge is 0.481 e. The number of aliphatic hydroxyl groups excluding tert-OH is 1. The van der Waals surface area contributed by atoms with E-state index in [1.54, 1.807) is 0 Å². The molecule has 0 rings (SSSR count). The number of ether oxygens (including phenoxy) is 1. The summed E-state index contributed by atoms with van der Waals surface area (Å²) in [7, 11) is 0.962. The maximum atomic E-state index is 11.6. The van der Waals surface area contributed by atoms with Gasteiger partial charge < -0.3 is 20.1 Å². The van der Waals surface area contributed by atoms with Crippen molar-refractivity contribution in [2.45, 2.75) is 19.7 Å². The lowest BCUT2D eigenvalue weighted by atomic mass is 10.2. The van der Waals surface area contributed by atoms with Gasteiger partial charge in [-0.15, -0.1) is 0 Å². The Balaban J connectivity index is 5.18. The number of carbonyl (C=O) groups excluding carboxylic acids is 2. The van der Waals surface area contributed by atoms with Gasteiger partial charge in [0.25, 0.3) is 5.91 Å². The van der Waals surface area contributed by atoms with E-state index in [1.807, 2.05) is 0 Å². The Morgan fingerprint density at radius 1 is 1.19 bits per heavy atom. The summed E-state index contributed by atoms with van der Waals surface area (Å²) in [5, 5.41) is 35.7. The van der Waals surface area contributed by atoms with Crippen LogP contribution in [0.25, 0.3) is 0 Å². The van der Waals surface area contributed by atoms with Gasteiger partial charge in [-0.25, -0.2) is 0 Å². The predicted octanol–water partition coefficient (Wildman–Crippen LogP) is -1.89. The van der Waals surface area contributed by atoms with E-state index in [9.17, 15) is 24.4 Å². The topological polar surface area (TPSA) is 165 Å². The molecular weight excluding hydrogens is 292 g/mol. The lowest BCUT2D eigenvalue weighted by Gasteiger charge is -2.33. The van der Waals surface area contributed by atoms with Gasteiger partial charge in [0.15, 0.2) is 0 Å². The molecule has 0 saturated carbocycles. The average molecular weight is 308 g/mol. The number of carboxylic acids is 2. The first-order chi connectivity index (χ1) is 9.67. The quantitative estimate of drug-likeness (QED) is 0.173. The van der Waals surface area contributed by atoms with Crippen LogP contribution in [-0.2, 0) is 23.9 Å². The minimum atomic E-state index is -1.86. The number of hydrogen-bond donors (Lipinski definition) is 4. The van der Waals surface area contributed by atoms with Crippen molar-refractivity contribution in [1.29, 1.82) is 0 Å². The summed E-state index contributed by atoms with van der Waals surface area (Å²) in [5.74, 6) is -7.12. The number of aliphatic hydroxyl groups is 1. The number of aliphatic carboxylic acids is 2. The zero-order valence-corrected chi connectivity index (χ0v) is 11.3. The predicted molar refractivity (Wildman–Crippen MR) is 62.4 cm³/mol. The highest BCUT2D eigenvalue weighted by atomic mass is 16.6. The molecule has 0 fully saturated rings. The monoisotopic (exact) mass is 308 g/mol. The summed E-state index contributed by atoms with van der Waals surface area (Å²) in [6.45, 7) is -0.0701. The van der Waals surface area contributed by atoms with Crippen molar-refractivity contribution in [3.05, 3.63) is 0 Å². The number of methoxy groups -OCH3 is 1. The van der Waals surface area contributed by atoms with Gasteiger partial charge in [-0.3, -0.25) is 29.3 Å². The van der Waals surface area contributed by atoms with Crippen molar-refractivity contribution in [2.24, 2.45) is 5.92 Å². The Morgan fingerprint density at radius 2 is 1.71 bits per heavy atom. The van der Waals surface area contributed by atoms with Crippen LogP contribution < -0.4 is 0 Å². The molecule has 2 amide bonds. The molecule has 0 aliphatic carbocycles. The van der Waals surface area contributed by atoms with Gasteiger partial charge >= 0.3 is 11.9 Å². The number of amides is 2. The van der Waals surface area contributed by atoms with Crippen LogP contribution in [0.4, 0.5) is 0 Å². The highest BCUT2D eigenvalue weighted by Crippen LogP contribution is 2.11. The van der Waals surface area contributed by atoms with Crippen LogP contribution >= 0.6 is 0 Å². The highest BCUT2D eigenvalue weighted by molar-refractivity contribution is 5.96. The number of hydroxylamine groups is 2. The third kappa shape index (κ3) is 4.98. The number of carboxylic acid groups (broad SMARTS) is 2. The molecule has 0 aliphatic heterocycles. The molecule has 0 saturated heterocycles. The Morgan fingerprint density at radius 3 is 2.05 bits per heavy atom. The Bertz CT molecular complexity index is 425. The van der Waals surface area contributed by atoms with Crippen molar-refractivity contribution in [2.75, 3.05) is 13.8 Å². The molecule has 11 nitrogen and oxygen atoms in total. The van der Waals surface area contributed by atoms with E-state index in [2.05, 4.69) is 4.74 Å². The summed E-state index contributed by atoms with van der Waals surface area (Å²) in [4.78, 5) is 44.7. The summed E-state index contributed by atoms with van der Waals surface area (Å²) in [5.41, 5.74) is 0. The first-order valence-corrected chi connectivity index (χ1v) is 5.57. The van der Waals surface area contributed by atoms with E-state index in [1.165, 1.54) is 0 Å². The molecule has 21 heavy (non-hydrogen) atoms. The minimum Gasteiger partial charge on any atom is -0.481 e. The van der Waals surface area contributed by atoms with Crippen LogP contribution in [0.2, 0.25) is 0 Å². The van der Waals surface area contributed by atoms with Crippen LogP contribution in [0, 0.1) is 5.92 Å². The lowest BCUT2D eigenvalue weighted by molar-refractivity contribution is -0.258. The molecule has 120 valence electrons. The molecular formula is C10H16N2O9. The number of nitrogens with zero attached hydrogens (tertiary/aromatic N) is 2.